The minimum Gasteiger partial charge on any atom is -0.466 e. The van der Waals surface area contributed by atoms with Gasteiger partial charge < -0.3 is 9.47 Å². The predicted molar refractivity (Wildman–Crippen MR) is 68.8 cm³/mol. The van der Waals surface area contributed by atoms with Crippen LogP contribution in [0.2, 0.25) is 0 Å². The van der Waals surface area contributed by atoms with Crippen molar-refractivity contribution in [2.75, 3.05) is 6.61 Å². The zero-order valence-electron chi connectivity index (χ0n) is 9.38. The lowest BCUT2D eigenvalue weighted by molar-refractivity contribution is -0.142. The summed E-state index contributed by atoms with van der Waals surface area (Å²) in [5.74, 6) is -0.543. The first kappa shape index (κ1) is 15.4. The van der Waals surface area contributed by atoms with Crippen molar-refractivity contribution in [2.45, 2.75) is 20.0 Å². The van der Waals surface area contributed by atoms with Gasteiger partial charge in [0.2, 0.25) is 0 Å². The Morgan fingerprint density at radius 3 is 2.50 bits per heavy atom. The molecule has 0 saturated heterocycles. The molecule has 3 nitrogen and oxygen atoms in total. The van der Waals surface area contributed by atoms with Crippen LogP contribution in [0.4, 0.5) is 8.78 Å². The highest BCUT2D eigenvalue weighted by atomic mass is 79.9. The van der Waals surface area contributed by atoms with Gasteiger partial charge in [0, 0.05) is 14.5 Å². The molecule has 0 aliphatic heterocycles. The number of hydrogen-bond donors (Lipinski definition) is 0. The van der Waals surface area contributed by atoms with Gasteiger partial charge in [-0.05, 0) is 50.9 Å². The van der Waals surface area contributed by atoms with Gasteiger partial charge in [0.1, 0.15) is 5.75 Å². The third kappa shape index (κ3) is 4.53. The van der Waals surface area contributed by atoms with Crippen molar-refractivity contribution < 1.29 is 23.0 Å². The van der Waals surface area contributed by atoms with Crippen molar-refractivity contribution in [3.05, 3.63) is 26.6 Å². The fraction of sp³-hybridized carbons (Fsp3) is 0.364. The Bertz CT molecular complexity index is 439. The van der Waals surface area contributed by atoms with Crippen LogP contribution >= 0.6 is 31.9 Å². The lowest BCUT2D eigenvalue weighted by Gasteiger charge is -2.12. The summed E-state index contributed by atoms with van der Waals surface area (Å²) in [6.07, 6.45) is -0.123. The predicted octanol–water partition coefficient (Wildman–Crippen LogP) is 3.92. The van der Waals surface area contributed by atoms with Crippen molar-refractivity contribution in [3.63, 3.8) is 0 Å². The maximum atomic E-state index is 12.3. The van der Waals surface area contributed by atoms with Gasteiger partial charge in [-0.25, -0.2) is 0 Å². The topological polar surface area (TPSA) is 35.5 Å². The lowest BCUT2D eigenvalue weighted by atomic mass is 10.1. The van der Waals surface area contributed by atoms with E-state index in [9.17, 15) is 13.6 Å². The zero-order valence-corrected chi connectivity index (χ0v) is 12.6. The molecule has 0 aliphatic rings. The number of rotatable bonds is 5. The number of carbonyl (C=O) groups is 1. The molecule has 100 valence electrons. The van der Waals surface area contributed by atoms with E-state index in [0.717, 1.165) is 0 Å². The summed E-state index contributed by atoms with van der Waals surface area (Å²) in [7, 11) is 0. The molecule has 1 aromatic carbocycles. The van der Waals surface area contributed by atoms with E-state index in [-0.39, 0.29) is 18.8 Å². The number of halogens is 4. The maximum Gasteiger partial charge on any atom is 0.387 e. The highest BCUT2D eigenvalue weighted by molar-refractivity contribution is 9.13. The molecule has 1 aromatic rings. The summed E-state index contributed by atoms with van der Waals surface area (Å²) in [5, 5.41) is 0. The van der Waals surface area contributed by atoms with E-state index in [2.05, 4.69) is 36.6 Å². The van der Waals surface area contributed by atoms with Gasteiger partial charge >= 0.3 is 12.6 Å². The zero-order chi connectivity index (χ0) is 13.7. The summed E-state index contributed by atoms with van der Waals surface area (Å²) in [6, 6.07) is 2.92. The van der Waals surface area contributed by atoms with Gasteiger partial charge in [-0.2, -0.15) is 8.78 Å². The van der Waals surface area contributed by atoms with E-state index in [1.54, 1.807) is 13.0 Å². The molecule has 0 aromatic heterocycles. The van der Waals surface area contributed by atoms with Crippen LogP contribution in [-0.2, 0) is 16.0 Å². The SMILES string of the molecule is CCOC(=O)Cc1cc(Br)c(Br)cc1OC(F)F. The second-order valence-electron chi connectivity index (χ2n) is 3.23. The van der Waals surface area contributed by atoms with Gasteiger partial charge in [0.25, 0.3) is 0 Å². The first-order valence-electron chi connectivity index (χ1n) is 5.02. The molecule has 0 N–H and O–H groups in total. The van der Waals surface area contributed by atoms with Crippen molar-refractivity contribution in [1.29, 1.82) is 0 Å². The van der Waals surface area contributed by atoms with Crippen LogP contribution in [-0.4, -0.2) is 19.2 Å². The van der Waals surface area contributed by atoms with Crippen molar-refractivity contribution in [2.24, 2.45) is 0 Å². The van der Waals surface area contributed by atoms with E-state index in [0.29, 0.717) is 14.5 Å². The first-order chi connectivity index (χ1) is 8.43. The molecule has 0 radical (unpaired) electrons. The van der Waals surface area contributed by atoms with E-state index < -0.39 is 12.6 Å². The summed E-state index contributed by atoms with van der Waals surface area (Å²) >= 11 is 6.41. The Morgan fingerprint density at radius 1 is 1.33 bits per heavy atom. The first-order valence-corrected chi connectivity index (χ1v) is 6.61. The minimum absolute atomic E-state index is 0.0480. The average Bonchev–Trinajstić information content (AvgIpc) is 2.25. The van der Waals surface area contributed by atoms with Crippen LogP contribution in [0, 0.1) is 0 Å². The van der Waals surface area contributed by atoms with Crippen LogP contribution in [0.15, 0.2) is 21.1 Å². The molecule has 0 unspecified atom stereocenters. The third-order valence-corrected chi connectivity index (χ3v) is 3.80. The molecule has 7 heteroatoms. The summed E-state index contributed by atoms with van der Waals surface area (Å²) in [4.78, 5) is 11.4. The summed E-state index contributed by atoms with van der Waals surface area (Å²) in [5.41, 5.74) is 0.337. The largest absolute Gasteiger partial charge is 0.466 e. The van der Waals surface area contributed by atoms with Crippen LogP contribution in [0.1, 0.15) is 12.5 Å². The smallest absolute Gasteiger partial charge is 0.387 e. The molecule has 0 spiro atoms. The molecule has 0 atom stereocenters. The van der Waals surface area contributed by atoms with E-state index >= 15 is 0 Å². The second-order valence-corrected chi connectivity index (χ2v) is 4.94. The summed E-state index contributed by atoms with van der Waals surface area (Å²) < 4.78 is 34.8. The fourth-order valence-corrected chi connectivity index (χ4v) is 1.99. The molecule has 1 rings (SSSR count). The number of alkyl halides is 2. The molecular weight excluding hydrogens is 378 g/mol. The molecule has 0 aliphatic carbocycles. The highest BCUT2D eigenvalue weighted by Crippen LogP contribution is 2.32. The van der Waals surface area contributed by atoms with Gasteiger partial charge in [-0.15, -0.1) is 0 Å². The number of carbonyl (C=O) groups excluding carboxylic acids is 1. The molecule has 0 heterocycles. The Hall–Kier alpha value is -0.690. The molecule has 0 bridgehead atoms. The monoisotopic (exact) mass is 386 g/mol. The van der Waals surface area contributed by atoms with Crippen molar-refractivity contribution >= 4 is 37.8 Å². The van der Waals surface area contributed by atoms with Gasteiger partial charge in [-0.1, -0.05) is 0 Å². The van der Waals surface area contributed by atoms with Crippen LogP contribution in [0.25, 0.3) is 0 Å². The molecule has 0 fully saturated rings. The van der Waals surface area contributed by atoms with Gasteiger partial charge in [0.15, 0.2) is 0 Å². The standard InChI is InChI=1S/C11H10Br2F2O3/c1-2-17-10(16)4-6-3-7(12)8(13)5-9(6)18-11(14)15/h3,5,11H,2,4H2,1H3. The van der Waals surface area contributed by atoms with Crippen LogP contribution < -0.4 is 4.74 Å². The Morgan fingerprint density at radius 2 is 1.94 bits per heavy atom. The lowest BCUT2D eigenvalue weighted by Crippen LogP contribution is -2.11. The molecule has 0 saturated carbocycles. The Balaban J connectivity index is 2.99. The van der Waals surface area contributed by atoms with Crippen molar-refractivity contribution in [1.82, 2.24) is 0 Å². The normalized spacial score (nSPS) is 10.6. The van der Waals surface area contributed by atoms with Crippen LogP contribution in [0.3, 0.4) is 0 Å². The maximum absolute atomic E-state index is 12.3. The molecule has 0 amide bonds. The van der Waals surface area contributed by atoms with E-state index in [4.69, 9.17) is 4.74 Å². The van der Waals surface area contributed by atoms with Gasteiger partial charge in [-0.3, -0.25) is 4.79 Å². The Labute approximate surface area is 120 Å². The number of esters is 1. The molecular formula is C11H10Br2F2O3. The van der Waals surface area contributed by atoms with Gasteiger partial charge in [0.05, 0.1) is 13.0 Å². The number of benzene rings is 1. The van der Waals surface area contributed by atoms with E-state index in [1.807, 2.05) is 0 Å². The van der Waals surface area contributed by atoms with Crippen LogP contribution in [0.5, 0.6) is 5.75 Å². The number of hydrogen-bond acceptors (Lipinski definition) is 3. The molecule has 18 heavy (non-hydrogen) atoms. The third-order valence-electron chi connectivity index (χ3n) is 1.96. The average molecular weight is 388 g/mol. The number of ether oxygens (including phenoxy) is 2. The highest BCUT2D eigenvalue weighted by Gasteiger charge is 2.15. The fourth-order valence-electron chi connectivity index (χ4n) is 1.28. The summed E-state index contributed by atoms with van der Waals surface area (Å²) in [6.45, 7) is -1.04. The minimum atomic E-state index is -2.95. The van der Waals surface area contributed by atoms with Crippen molar-refractivity contribution in [3.8, 4) is 5.75 Å². The second kappa shape index (κ2) is 7.04. The Kier molecular flexibility index (Phi) is 6.01. The van der Waals surface area contributed by atoms with E-state index in [1.165, 1.54) is 6.07 Å². The quantitative estimate of drug-likeness (QED) is 0.718.